The Morgan fingerprint density at radius 2 is 1.43 bits per heavy atom. The molecule has 1 atom stereocenters. The molecule has 0 saturated heterocycles. The highest BCUT2D eigenvalue weighted by atomic mass is 127. The van der Waals surface area contributed by atoms with E-state index in [9.17, 15) is 0 Å². The Morgan fingerprint density at radius 1 is 0.913 bits per heavy atom. The molecule has 0 bridgehead atoms. The number of fused-ring (bicyclic) bond motifs is 1. The monoisotopic (exact) mass is 424 g/mol. The molecule has 23 heavy (non-hydrogen) atoms. The highest BCUT2D eigenvalue weighted by molar-refractivity contribution is 5.63. The van der Waals surface area contributed by atoms with Gasteiger partial charge < -0.3 is 33.8 Å². The van der Waals surface area contributed by atoms with Crippen molar-refractivity contribution in [1.29, 1.82) is 0 Å². The molecule has 3 heteroatoms. The lowest BCUT2D eigenvalue weighted by Gasteiger charge is -2.28. The highest BCUT2D eigenvalue weighted by Gasteiger charge is 2.39. The molecule has 0 saturated carbocycles. The smallest absolute Gasteiger partial charge is 0.130 e. The van der Waals surface area contributed by atoms with Gasteiger partial charge in [0, 0.05) is 24.2 Å². The van der Waals surface area contributed by atoms with E-state index >= 15 is 0 Å². The number of hydrogen-bond acceptors (Lipinski definition) is 1. The Morgan fingerprint density at radius 3 is 1.91 bits per heavy atom. The van der Waals surface area contributed by atoms with Crippen LogP contribution in [0.15, 0.2) is 54.6 Å². The minimum Gasteiger partial charge on any atom is -1.00 e. The van der Waals surface area contributed by atoms with Gasteiger partial charge in [-0.05, 0) is 30.7 Å². The molecule has 0 radical (unpaired) electrons. The fraction of sp³-hybridized carbons (Fsp3) is 0.400. The van der Waals surface area contributed by atoms with E-state index in [1.807, 2.05) is 6.07 Å². The van der Waals surface area contributed by atoms with Gasteiger partial charge in [-0.1, -0.05) is 50.2 Å². The summed E-state index contributed by atoms with van der Waals surface area (Å²) >= 11 is 0. The lowest BCUT2D eigenvalue weighted by molar-refractivity contribution is -0.786. The molecule has 2 nitrogen and oxygen atoms in total. The maximum Gasteiger partial charge on any atom is 0.130 e. The maximum absolute atomic E-state index is 2.37. The molecule has 1 aliphatic rings. The normalized spacial score (nSPS) is 17.9. The third kappa shape index (κ3) is 4.27. The van der Waals surface area contributed by atoms with Crippen molar-refractivity contribution < 1.29 is 28.9 Å². The van der Waals surface area contributed by atoms with Gasteiger partial charge >= 0.3 is 0 Å². The average Bonchev–Trinajstić information content (AvgIpc) is 2.71. The molecule has 0 spiro atoms. The van der Waals surface area contributed by atoms with Crippen LogP contribution in [0, 0.1) is 0 Å². The highest BCUT2D eigenvalue weighted by Crippen LogP contribution is 2.43. The van der Waals surface area contributed by atoms with Crippen LogP contribution in [0.2, 0.25) is 0 Å². The van der Waals surface area contributed by atoms with Crippen molar-refractivity contribution in [3.05, 3.63) is 60.2 Å². The van der Waals surface area contributed by atoms with Crippen molar-refractivity contribution in [2.45, 2.75) is 32.2 Å². The lowest BCUT2D eigenvalue weighted by atomic mass is 9.81. The number of likely N-dealkylation sites (N-methyl/N-ethyl adjacent to an activating group) is 1. The molecule has 1 N–H and O–H groups in total. The Balaban J connectivity index is 0.000000235. The molecule has 3 rings (SSSR count). The standard InChI is InChI=1S/C12H17N.C8H11N.HI/c1-9-12(2,3)10-7-5-6-8-11(10)13(9)4;1-9(2)8-6-4-3-5-7-8;/h5-9H,1-4H3;3-7H,1-2H3;1H. The van der Waals surface area contributed by atoms with Gasteiger partial charge in [0.2, 0.25) is 0 Å². The van der Waals surface area contributed by atoms with E-state index in [1.54, 1.807) is 0 Å². The van der Waals surface area contributed by atoms with Crippen molar-refractivity contribution in [3.8, 4) is 0 Å². The number of rotatable bonds is 1. The second-order valence-corrected chi connectivity index (χ2v) is 6.89. The first-order chi connectivity index (χ1) is 10.4. The predicted octanol–water partition coefficient (Wildman–Crippen LogP) is 0.269. The number of quaternary nitrogens is 1. The van der Waals surface area contributed by atoms with E-state index in [1.165, 1.54) is 21.8 Å². The molecule has 0 aromatic heterocycles. The van der Waals surface area contributed by atoms with E-state index < -0.39 is 0 Å². The van der Waals surface area contributed by atoms with Crippen LogP contribution in [0.1, 0.15) is 26.3 Å². The van der Waals surface area contributed by atoms with Crippen LogP contribution in [-0.2, 0) is 5.41 Å². The van der Waals surface area contributed by atoms with Crippen molar-refractivity contribution in [2.24, 2.45) is 0 Å². The zero-order valence-corrected chi connectivity index (χ0v) is 17.3. The van der Waals surface area contributed by atoms with Crippen molar-refractivity contribution in [1.82, 2.24) is 0 Å². The van der Waals surface area contributed by atoms with E-state index in [-0.39, 0.29) is 29.4 Å². The molecule has 0 aliphatic carbocycles. The van der Waals surface area contributed by atoms with Gasteiger partial charge in [-0.3, -0.25) is 0 Å². The summed E-state index contributed by atoms with van der Waals surface area (Å²) in [6.45, 7) is 6.93. The zero-order valence-electron chi connectivity index (χ0n) is 15.1. The summed E-state index contributed by atoms with van der Waals surface area (Å²) in [6.07, 6.45) is 0. The van der Waals surface area contributed by atoms with Crippen LogP contribution in [0.4, 0.5) is 11.4 Å². The van der Waals surface area contributed by atoms with Crippen molar-refractivity contribution in [3.63, 3.8) is 0 Å². The molecular formula is C20H29IN2. The van der Waals surface area contributed by atoms with Gasteiger partial charge in [0.15, 0.2) is 0 Å². The van der Waals surface area contributed by atoms with Gasteiger partial charge in [0.1, 0.15) is 5.69 Å². The lowest BCUT2D eigenvalue weighted by Crippen LogP contribution is -3.00. The molecule has 2 aromatic rings. The summed E-state index contributed by atoms with van der Waals surface area (Å²) in [6, 6.07) is 19.7. The van der Waals surface area contributed by atoms with E-state index in [0.717, 1.165) is 0 Å². The van der Waals surface area contributed by atoms with E-state index in [4.69, 9.17) is 0 Å². The van der Waals surface area contributed by atoms with Gasteiger partial charge in [0.05, 0.1) is 14.1 Å². The van der Waals surface area contributed by atoms with Crippen molar-refractivity contribution >= 4 is 11.4 Å². The predicted molar refractivity (Wildman–Crippen MR) is 96.2 cm³/mol. The summed E-state index contributed by atoms with van der Waals surface area (Å²) in [5.41, 5.74) is 4.48. The summed E-state index contributed by atoms with van der Waals surface area (Å²) in [4.78, 5) is 3.74. The van der Waals surface area contributed by atoms with Crippen LogP contribution in [0.25, 0.3) is 0 Å². The van der Waals surface area contributed by atoms with Gasteiger partial charge in [-0.2, -0.15) is 0 Å². The molecule has 1 unspecified atom stereocenters. The second-order valence-electron chi connectivity index (χ2n) is 6.89. The van der Waals surface area contributed by atoms with Crippen LogP contribution in [0.5, 0.6) is 0 Å². The zero-order chi connectivity index (χ0) is 16.3. The quantitative estimate of drug-likeness (QED) is 0.646. The van der Waals surface area contributed by atoms with Crippen molar-refractivity contribution in [2.75, 3.05) is 26.0 Å². The number of nitrogens with zero attached hydrogens (tertiary/aromatic N) is 1. The first-order valence-corrected chi connectivity index (χ1v) is 8.03. The molecule has 0 fully saturated rings. The Hall–Kier alpha value is -1.07. The van der Waals surface area contributed by atoms with Gasteiger partial charge in [0.25, 0.3) is 0 Å². The van der Waals surface area contributed by atoms with E-state index in [2.05, 4.69) is 95.3 Å². The first-order valence-electron chi connectivity index (χ1n) is 8.03. The number of para-hydroxylation sites is 2. The SMILES string of the molecule is CC1N(C)c2ccccc2C1(C)C.C[NH+](C)c1ccccc1.[I-]. The van der Waals surface area contributed by atoms with Gasteiger partial charge in [-0.25, -0.2) is 0 Å². The molecule has 2 aromatic carbocycles. The minimum atomic E-state index is 0. The van der Waals surface area contributed by atoms with Crippen LogP contribution < -0.4 is 33.8 Å². The number of halogens is 1. The molecule has 1 aliphatic heterocycles. The van der Waals surface area contributed by atoms with E-state index in [0.29, 0.717) is 6.04 Å². The number of nitrogens with one attached hydrogen (secondary N) is 1. The fourth-order valence-electron chi connectivity index (χ4n) is 3.02. The summed E-state index contributed by atoms with van der Waals surface area (Å²) in [7, 11) is 6.42. The Kier molecular flexibility index (Phi) is 7.08. The molecule has 126 valence electrons. The fourth-order valence-corrected chi connectivity index (χ4v) is 3.02. The maximum atomic E-state index is 2.37. The number of benzene rings is 2. The second kappa shape index (κ2) is 8.15. The van der Waals surface area contributed by atoms with Gasteiger partial charge in [-0.15, -0.1) is 0 Å². The molecular weight excluding hydrogens is 395 g/mol. The molecule has 0 amide bonds. The third-order valence-electron chi connectivity index (χ3n) is 4.95. The third-order valence-corrected chi connectivity index (χ3v) is 4.95. The van der Waals surface area contributed by atoms with Crippen LogP contribution >= 0.6 is 0 Å². The van der Waals surface area contributed by atoms with Crippen LogP contribution in [-0.4, -0.2) is 27.2 Å². The topological polar surface area (TPSA) is 7.68 Å². The number of hydrogen-bond donors (Lipinski definition) is 1. The Bertz CT molecular complexity index is 608. The number of anilines is 1. The molecule has 1 heterocycles. The minimum absolute atomic E-state index is 0. The van der Waals surface area contributed by atoms with Crippen LogP contribution in [0.3, 0.4) is 0 Å². The first kappa shape index (κ1) is 20.0. The largest absolute Gasteiger partial charge is 1.00 e. The summed E-state index contributed by atoms with van der Waals surface area (Å²) < 4.78 is 0. The summed E-state index contributed by atoms with van der Waals surface area (Å²) in [5.74, 6) is 0. The Labute approximate surface area is 158 Å². The summed E-state index contributed by atoms with van der Waals surface area (Å²) in [5, 5.41) is 0. The average molecular weight is 424 g/mol.